The summed E-state index contributed by atoms with van der Waals surface area (Å²) in [4.78, 5) is 18.7. The van der Waals surface area contributed by atoms with Crippen LogP contribution in [0.1, 0.15) is 45.7 Å². The second-order valence-corrected chi connectivity index (χ2v) is 24.9. The number of fused-ring (bicyclic) bond motifs is 9. The van der Waals surface area contributed by atoms with E-state index < -0.39 is 23.7 Å². The van der Waals surface area contributed by atoms with E-state index in [1.54, 1.807) is 30.6 Å². The molecule has 3 aromatic heterocycles. The molecule has 0 unspecified atom stereocenters. The SMILES string of the molecule is CC#N.CC#N.CC#N.CC1(C)c2cccc([PH+](c3ccccc3)c3ccccc3)c2Oc2c([PH+](c3ccccc3)c3ccccc3)cccc21.F[P-](F)(F)(F)(F)F.[Cu+].c1ccc2nc3c4cccnc4c4ncccc4c3nc2c1. The van der Waals surface area contributed by atoms with Crippen LogP contribution in [0.15, 0.2) is 219 Å². The minimum absolute atomic E-state index is 0. The van der Waals surface area contributed by atoms with Crippen LogP contribution in [-0.2, 0) is 22.5 Å². The van der Waals surface area contributed by atoms with E-state index in [1.165, 1.54) is 63.7 Å². The van der Waals surface area contributed by atoms with Crippen LogP contribution in [0.5, 0.6) is 11.5 Å². The number of nitriles is 3. The van der Waals surface area contributed by atoms with Gasteiger partial charge in [-0.3, -0.25) is 9.97 Å². The molecule has 0 radical (unpaired) electrons. The Balaban J connectivity index is 0.000000225. The van der Waals surface area contributed by atoms with Crippen molar-refractivity contribution in [2.75, 3.05) is 0 Å². The van der Waals surface area contributed by atoms with Crippen molar-refractivity contribution in [2.24, 2.45) is 0 Å². The predicted molar refractivity (Wildman–Crippen MR) is 320 cm³/mol. The van der Waals surface area contributed by atoms with Gasteiger partial charge in [-0.05, 0) is 97.1 Å². The van der Waals surface area contributed by atoms with E-state index in [4.69, 9.17) is 30.5 Å². The molecular formula is C63H53CuF6N7OP3+2. The fourth-order valence-electron chi connectivity index (χ4n) is 9.24. The number of benzene rings is 8. The van der Waals surface area contributed by atoms with E-state index in [0.29, 0.717) is 0 Å². The van der Waals surface area contributed by atoms with E-state index >= 15 is 0 Å². The summed E-state index contributed by atoms with van der Waals surface area (Å²) in [6, 6.07) is 78.6. The van der Waals surface area contributed by atoms with Crippen molar-refractivity contribution < 1.29 is 47.0 Å². The van der Waals surface area contributed by atoms with Gasteiger partial charge in [0.2, 0.25) is 0 Å². The van der Waals surface area contributed by atoms with Gasteiger partial charge in [-0.1, -0.05) is 123 Å². The Hall–Kier alpha value is -8.16. The van der Waals surface area contributed by atoms with Crippen LogP contribution in [0.4, 0.5) is 25.2 Å². The van der Waals surface area contributed by atoms with Gasteiger partial charge in [0.25, 0.3) is 0 Å². The molecule has 1 aliphatic rings. The predicted octanol–water partition coefficient (Wildman–Crippen LogP) is 15.9. The van der Waals surface area contributed by atoms with Crippen LogP contribution in [-0.4, -0.2) is 19.9 Å². The summed E-state index contributed by atoms with van der Waals surface area (Å²) in [6.45, 7) is 9.01. The van der Waals surface area contributed by atoms with Crippen molar-refractivity contribution in [3.05, 3.63) is 230 Å². The summed E-state index contributed by atoms with van der Waals surface area (Å²) < 4.78 is 66.5. The molecule has 0 N–H and O–H groups in total. The van der Waals surface area contributed by atoms with Gasteiger partial charge >= 0.3 is 50.1 Å². The Morgan fingerprint density at radius 1 is 0.407 bits per heavy atom. The third kappa shape index (κ3) is 15.8. The number of para-hydroxylation sites is 4. The maximum Gasteiger partial charge on any atom is 1.00 e. The zero-order chi connectivity index (χ0) is 57.6. The van der Waals surface area contributed by atoms with E-state index in [0.717, 1.165) is 55.4 Å². The summed E-state index contributed by atoms with van der Waals surface area (Å²) in [5, 5.41) is 32.0. The van der Waals surface area contributed by atoms with Crippen molar-refractivity contribution in [1.29, 1.82) is 15.8 Å². The maximum atomic E-state index is 9.87. The Labute approximate surface area is 479 Å². The number of pyridine rings is 2. The van der Waals surface area contributed by atoms with Crippen molar-refractivity contribution in [3.63, 3.8) is 0 Å². The molecule has 0 spiro atoms. The zero-order valence-corrected chi connectivity index (χ0v) is 48.2. The van der Waals surface area contributed by atoms with Crippen LogP contribution in [0, 0.1) is 34.0 Å². The molecule has 12 rings (SSSR count). The molecule has 0 amide bonds. The Morgan fingerprint density at radius 3 is 0.988 bits per heavy atom. The molecule has 81 heavy (non-hydrogen) atoms. The molecule has 0 saturated carbocycles. The van der Waals surface area contributed by atoms with Gasteiger partial charge in [0.15, 0.2) is 11.5 Å². The molecule has 412 valence electrons. The minimum Gasteiger partial charge on any atom is -0.254 e. The summed E-state index contributed by atoms with van der Waals surface area (Å²) in [5.41, 5.74) is 7.58. The minimum atomic E-state index is -10.7. The number of hydrogen-bond acceptors (Lipinski definition) is 8. The summed E-state index contributed by atoms with van der Waals surface area (Å²) >= 11 is 0. The van der Waals surface area contributed by atoms with Gasteiger partial charge in [-0.15, -0.1) is 0 Å². The fourth-order valence-corrected chi connectivity index (χ4v) is 14.6. The van der Waals surface area contributed by atoms with Gasteiger partial charge in [-0.25, -0.2) is 9.97 Å². The first kappa shape index (κ1) is 62.0. The largest absolute Gasteiger partial charge is 1.00 e. The zero-order valence-electron chi connectivity index (χ0n) is 44.3. The Bertz CT molecular complexity index is 3710. The number of nitrogens with zero attached hydrogens (tertiary/aromatic N) is 7. The molecule has 0 aliphatic carbocycles. The normalized spacial score (nSPS) is 12.4. The molecular weight excluding hydrogens is 1140 g/mol. The summed E-state index contributed by atoms with van der Waals surface area (Å²) in [7, 11) is -13.3. The molecule has 0 saturated heterocycles. The molecule has 0 atom stereocenters. The first-order valence-electron chi connectivity index (χ1n) is 24.8. The molecule has 8 aromatic carbocycles. The third-order valence-electron chi connectivity index (χ3n) is 12.3. The second-order valence-electron chi connectivity index (χ2n) is 18.1. The molecule has 4 heterocycles. The molecule has 11 aromatic rings. The van der Waals surface area contributed by atoms with Crippen molar-refractivity contribution >= 4 is 99.4 Å². The molecule has 0 bridgehead atoms. The van der Waals surface area contributed by atoms with Crippen LogP contribution in [0.3, 0.4) is 0 Å². The van der Waals surface area contributed by atoms with Gasteiger partial charge in [0.05, 0.1) is 51.3 Å². The number of aromatic nitrogens is 4. The van der Waals surface area contributed by atoms with Gasteiger partial charge in [0, 0.05) is 60.5 Å². The van der Waals surface area contributed by atoms with Crippen LogP contribution in [0.2, 0.25) is 0 Å². The molecule has 1 aliphatic heterocycles. The maximum absolute atomic E-state index is 10.7. The molecule has 8 nitrogen and oxygen atoms in total. The van der Waals surface area contributed by atoms with Crippen LogP contribution >= 0.6 is 23.7 Å². The second kappa shape index (κ2) is 26.4. The monoisotopic (exact) mass is 1190 g/mol. The topological polar surface area (TPSA) is 132 Å². The number of rotatable bonds is 6. The van der Waals surface area contributed by atoms with E-state index in [9.17, 15) is 25.2 Å². The Kier molecular flexibility index (Phi) is 20.2. The Morgan fingerprint density at radius 2 is 0.691 bits per heavy atom. The number of ether oxygens (including phenoxy) is 1. The first-order chi connectivity index (χ1) is 38.2. The summed E-state index contributed by atoms with van der Waals surface area (Å²) in [5.74, 6) is 2.07. The fraction of sp³-hybridized carbons (Fsp3) is 0.0952. The third-order valence-corrected chi connectivity index (χ3v) is 17.8. The number of hydrogen-bond donors (Lipinski definition) is 0. The van der Waals surface area contributed by atoms with Crippen molar-refractivity contribution in [2.45, 2.75) is 40.0 Å². The van der Waals surface area contributed by atoms with Crippen molar-refractivity contribution in [1.82, 2.24) is 19.9 Å². The average Bonchev–Trinajstić information content (AvgIpc) is 3.61. The molecule has 18 heteroatoms. The van der Waals surface area contributed by atoms with Crippen LogP contribution in [0.25, 0.3) is 43.9 Å². The average molecular weight is 1190 g/mol. The smallest absolute Gasteiger partial charge is 0.254 e. The van der Waals surface area contributed by atoms with Crippen LogP contribution < -0.4 is 36.6 Å². The van der Waals surface area contributed by atoms with E-state index in [-0.39, 0.29) is 22.5 Å². The first-order valence-corrected chi connectivity index (χ1v) is 29.8. The van der Waals surface area contributed by atoms with Gasteiger partial charge in [-0.2, -0.15) is 15.8 Å². The summed E-state index contributed by atoms with van der Waals surface area (Å²) in [6.07, 6.45) is 3.58. The van der Waals surface area contributed by atoms with Gasteiger partial charge < -0.3 is 4.74 Å². The number of halogens is 6. The standard InChI is InChI=1S/C39H32OP2.C18H10N4.3C2H3N.Cu.F6P/c1-39(2)33-25-15-27-35(41(29-17-7-3-8-18-29)30-19-9-4-10-20-30)37(33)40-38-34(39)26-16-28-36(38)42(31-21-11-5-12-22-31)32-23-13-6-14-24-32;1-2-8-14-13(7-1)21-17-11-5-3-9-19-15(11)16-12(18(17)22-14)6-4-10-20-16;3*1-2-3;;1-7(2,3,4,5)6/h3-28H,1-2H3;1-10H;3*1H3;;/q;;;;;+1;-1/p+2. The van der Waals surface area contributed by atoms with Gasteiger partial charge in [0.1, 0.15) is 47.7 Å². The quantitative estimate of drug-likeness (QED) is 0.0529. The van der Waals surface area contributed by atoms with Crippen molar-refractivity contribution in [3.8, 4) is 29.7 Å². The molecule has 0 fully saturated rings. The van der Waals surface area contributed by atoms with E-state index in [1.807, 2.05) is 48.5 Å². The van der Waals surface area contributed by atoms with E-state index in [2.05, 4.69) is 182 Å².